The van der Waals surface area contributed by atoms with Gasteiger partial charge >= 0.3 is 11.9 Å². The van der Waals surface area contributed by atoms with Crippen molar-refractivity contribution in [3.05, 3.63) is 59.2 Å². The summed E-state index contributed by atoms with van der Waals surface area (Å²) in [7, 11) is 0. The number of unbranched alkanes of at least 4 members (excludes halogenated alkanes) is 8. The normalized spacial score (nSPS) is 33.7. The van der Waals surface area contributed by atoms with E-state index in [2.05, 4.69) is 6.92 Å². The Hall–Kier alpha value is -2.81. The fourth-order valence-electron chi connectivity index (χ4n) is 9.29. The summed E-state index contributed by atoms with van der Waals surface area (Å²) in [5, 5.41) is 34.9. The number of rotatable bonds is 14. The fourth-order valence-corrected chi connectivity index (χ4v) is 9.29. The van der Waals surface area contributed by atoms with Crippen LogP contribution >= 0.6 is 0 Å². The molecule has 0 unspecified atom stereocenters. The summed E-state index contributed by atoms with van der Waals surface area (Å²) in [4.78, 5) is 41.3. The molecule has 1 spiro atoms. The maximum absolute atomic E-state index is 14.8. The van der Waals surface area contributed by atoms with Crippen LogP contribution in [-0.4, -0.2) is 63.1 Å². The molecule has 5 rings (SSSR count). The number of benzene rings is 1. The van der Waals surface area contributed by atoms with Crippen LogP contribution in [0.3, 0.4) is 0 Å². The van der Waals surface area contributed by atoms with E-state index in [1.807, 2.05) is 13.8 Å². The highest BCUT2D eigenvalue weighted by molar-refractivity contribution is 5.96. The van der Waals surface area contributed by atoms with E-state index in [9.17, 15) is 29.7 Å². The minimum atomic E-state index is -2.23. The summed E-state index contributed by atoms with van der Waals surface area (Å²) in [5.41, 5.74) is -4.37. The molecule has 7 atom stereocenters. The summed E-state index contributed by atoms with van der Waals surface area (Å²) < 4.78 is 12.2. The molecule has 1 aromatic carbocycles. The van der Waals surface area contributed by atoms with Crippen molar-refractivity contribution in [2.45, 2.75) is 135 Å². The predicted octanol–water partition coefficient (Wildman–Crippen LogP) is 6.41. The monoisotopic (exact) mass is 650 g/mol. The van der Waals surface area contributed by atoms with Crippen molar-refractivity contribution in [1.29, 1.82) is 0 Å². The Morgan fingerprint density at radius 2 is 1.60 bits per heavy atom. The molecule has 0 saturated heterocycles. The molecular formula is C39H54O8. The van der Waals surface area contributed by atoms with Gasteiger partial charge in [0.15, 0.2) is 17.5 Å². The first-order valence-electron chi connectivity index (χ1n) is 17.8. The standard InChI is InChI=1S/C39H54O8/c1-5-6-7-8-9-10-11-12-16-20-30(41)47-38-22-17-21-37-24-26(2)34(46-35(44)27-18-14-13-15-19-27)39(37,45)32(42)28(25-40)23-29(33(37)43)31(38)36(38,3)4/h13-15,18-19,23-24,29,31-32,34,40,42,45H,5-12,16-17,20-22,25H2,1-4H3/t29-,31+,32+,34-,37+,38-,39-/m0/s1. The Balaban J connectivity index is 1.35. The van der Waals surface area contributed by atoms with E-state index in [-0.39, 0.29) is 29.3 Å². The number of hydrogen-bond acceptors (Lipinski definition) is 8. The molecule has 2 saturated carbocycles. The average molecular weight is 651 g/mol. The highest BCUT2D eigenvalue weighted by Gasteiger charge is 2.80. The van der Waals surface area contributed by atoms with Crippen molar-refractivity contribution < 1.29 is 39.2 Å². The molecule has 258 valence electrons. The first-order valence-corrected chi connectivity index (χ1v) is 17.8. The van der Waals surface area contributed by atoms with Crippen molar-refractivity contribution in [1.82, 2.24) is 0 Å². The number of esters is 2. The van der Waals surface area contributed by atoms with Crippen LogP contribution in [-0.2, 0) is 19.1 Å². The van der Waals surface area contributed by atoms with Crippen LogP contribution in [0.2, 0.25) is 0 Å². The molecule has 0 heterocycles. The van der Waals surface area contributed by atoms with Crippen LogP contribution in [0.25, 0.3) is 0 Å². The molecule has 2 bridgehead atoms. The Labute approximate surface area is 279 Å². The van der Waals surface area contributed by atoms with Gasteiger partial charge in [-0.05, 0) is 55.9 Å². The molecule has 4 aliphatic rings. The molecule has 0 radical (unpaired) electrons. The number of aliphatic hydroxyl groups is 3. The molecule has 8 heteroatoms. The summed E-state index contributed by atoms with van der Waals surface area (Å²) in [6, 6.07) is 8.37. The predicted molar refractivity (Wildman–Crippen MR) is 178 cm³/mol. The van der Waals surface area contributed by atoms with E-state index in [4.69, 9.17) is 9.47 Å². The van der Waals surface area contributed by atoms with Gasteiger partial charge in [0, 0.05) is 23.7 Å². The Morgan fingerprint density at radius 1 is 0.957 bits per heavy atom. The van der Waals surface area contributed by atoms with Crippen molar-refractivity contribution in [2.75, 3.05) is 6.61 Å². The van der Waals surface area contributed by atoms with Gasteiger partial charge in [0.25, 0.3) is 0 Å². The molecule has 4 aliphatic carbocycles. The molecule has 2 fully saturated rings. The van der Waals surface area contributed by atoms with Crippen LogP contribution < -0.4 is 0 Å². The SMILES string of the molecule is CCCCCCCCCCCC(=O)O[C@@]12CCC[C@]34C=C(C)[C@H](OC(=O)c5ccccc5)[C@@]3(O)[C@H](O)C(CO)=C[C@H](C4=O)[C@@H]1C2(C)C. The molecule has 3 N–H and O–H groups in total. The molecule has 8 nitrogen and oxygen atoms in total. The second-order valence-electron chi connectivity index (χ2n) is 15.0. The second-order valence-corrected chi connectivity index (χ2v) is 15.0. The Bertz CT molecular complexity index is 1380. The first-order chi connectivity index (χ1) is 22.4. The summed E-state index contributed by atoms with van der Waals surface area (Å²) in [6.07, 6.45) is 12.1. The molecular weight excluding hydrogens is 596 g/mol. The van der Waals surface area contributed by atoms with Crippen LogP contribution in [0.4, 0.5) is 0 Å². The first kappa shape index (κ1) is 35.5. The number of ether oxygens (including phenoxy) is 2. The van der Waals surface area contributed by atoms with E-state index in [1.54, 1.807) is 49.4 Å². The number of fused-ring (bicyclic) bond motifs is 3. The number of aliphatic hydroxyl groups excluding tert-OH is 2. The van der Waals surface area contributed by atoms with Crippen molar-refractivity contribution >= 4 is 17.7 Å². The quantitative estimate of drug-likeness (QED) is 0.120. The van der Waals surface area contributed by atoms with Gasteiger partial charge in [-0.3, -0.25) is 9.59 Å². The molecule has 0 aromatic heterocycles. The number of hydrogen-bond donors (Lipinski definition) is 3. The Morgan fingerprint density at radius 3 is 2.23 bits per heavy atom. The van der Waals surface area contributed by atoms with Crippen molar-refractivity contribution in [2.24, 2.45) is 22.7 Å². The number of Topliss-reactive ketones (excluding diaryl/α,β-unsaturated/α-hetero) is 1. The maximum Gasteiger partial charge on any atom is 0.338 e. The van der Waals surface area contributed by atoms with Crippen molar-refractivity contribution in [3.8, 4) is 0 Å². The number of ketones is 1. The van der Waals surface area contributed by atoms with Crippen molar-refractivity contribution in [3.63, 3.8) is 0 Å². The van der Waals surface area contributed by atoms with E-state index in [0.29, 0.717) is 24.8 Å². The number of allylic oxidation sites excluding steroid dienone is 1. The van der Waals surface area contributed by atoms with Gasteiger partial charge < -0.3 is 24.8 Å². The topological polar surface area (TPSA) is 130 Å². The third kappa shape index (κ3) is 6.04. The van der Waals surface area contributed by atoms with E-state index < -0.39 is 58.7 Å². The number of carbonyl (C=O) groups excluding carboxylic acids is 3. The maximum atomic E-state index is 14.8. The Kier molecular flexibility index (Phi) is 10.5. The lowest BCUT2D eigenvalue weighted by atomic mass is 9.62. The highest BCUT2D eigenvalue weighted by Crippen LogP contribution is 2.73. The largest absolute Gasteiger partial charge is 0.458 e. The lowest BCUT2D eigenvalue weighted by molar-refractivity contribution is -0.184. The molecule has 0 amide bonds. The summed E-state index contributed by atoms with van der Waals surface area (Å²) in [6.45, 7) is 7.33. The van der Waals surface area contributed by atoms with Gasteiger partial charge in [-0.25, -0.2) is 4.79 Å². The van der Waals surface area contributed by atoms with Gasteiger partial charge in [0.05, 0.1) is 17.6 Å². The second kappa shape index (κ2) is 14.0. The zero-order valence-corrected chi connectivity index (χ0v) is 28.6. The van der Waals surface area contributed by atoms with E-state index in [0.717, 1.165) is 19.3 Å². The van der Waals surface area contributed by atoms with Gasteiger partial charge in [0.1, 0.15) is 11.7 Å². The zero-order valence-electron chi connectivity index (χ0n) is 28.6. The van der Waals surface area contributed by atoms with Gasteiger partial charge in [0.2, 0.25) is 0 Å². The third-order valence-electron chi connectivity index (χ3n) is 11.9. The molecule has 0 aliphatic heterocycles. The van der Waals surface area contributed by atoms with Gasteiger partial charge in [-0.15, -0.1) is 0 Å². The minimum Gasteiger partial charge on any atom is -0.458 e. The fraction of sp³-hybridized carbons (Fsp3) is 0.667. The average Bonchev–Trinajstić information content (AvgIpc) is 3.43. The third-order valence-corrected chi connectivity index (χ3v) is 11.9. The van der Waals surface area contributed by atoms with Crippen LogP contribution in [0.1, 0.15) is 122 Å². The summed E-state index contributed by atoms with van der Waals surface area (Å²) >= 11 is 0. The number of carbonyl (C=O) groups is 3. The van der Waals surface area contributed by atoms with Gasteiger partial charge in [-0.1, -0.05) is 102 Å². The van der Waals surface area contributed by atoms with Gasteiger partial charge in [-0.2, -0.15) is 0 Å². The minimum absolute atomic E-state index is 0.0936. The highest BCUT2D eigenvalue weighted by atomic mass is 16.6. The zero-order chi connectivity index (χ0) is 34.0. The lowest BCUT2D eigenvalue weighted by Gasteiger charge is -2.46. The smallest absolute Gasteiger partial charge is 0.338 e. The van der Waals surface area contributed by atoms with Crippen LogP contribution in [0.5, 0.6) is 0 Å². The van der Waals surface area contributed by atoms with Crippen LogP contribution in [0.15, 0.2) is 53.6 Å². The molecule has 47 heavy (non-hydrogen) atoms. The summed E-state index contributed by atoms with van der Waals surface area (Å²) in [5.74, 6) is -2.48. The van der Waals surface area contributed by atoms with E-state index >= 15 is 0 Å². The molecule has 1 aromatic rings. The van der Waals surface area contributed by atoms with E-state index in [1.165, 1.54) is 38.5 Å². The van der Waals surface area contributed by atoms with Crippen LogP contribution in [0, 0.1) is 22.7 Å². The lowest BCUT2D eigenvalue weighted by Crippen LogP contribution is -2.64.